The lowest BCUT2D eigenvalue weighted by Crippen LogP contribution is -2.32. The molecule has 1 N–H and O–H groups in total. The maximum absolute atomic E-state index is 12.9. The first-order valence-corrected chi connectivity index (χ1v) is 7.89. The highest BCUT2D eigenvalue weighted by Crippen LogP contribution is 2.16. The van der Waals surface area contributed by atoms with Crippen molar-refractivity contribution in [2.75, 3.05) is 20.1 Å². The molecule has 0 saturated carbocycles. The highest BCUT2D eigenvalue weighted by molar-refractivity contribution is 5.91. The predicted octanol–water partition coefficient (Wildman–Crippen LogP) is 2.64. The van der Waals surface area contributed by atoms with Gasteiger partial charge in [-0.1, -0.05) is 12.1 Å². The third-order valence-electron chi connectivity index (χ3n) is 4.15. The van der Waals surface area contributed by atoms with E-state index in [0.717, 1.165) is 31.5 Å². The standard InChI is InChI=1S/C17H21FN4O.ClH/c1-21(12-13-4-6-14(18)7-5-13)17(23)16-8-10-22(20-16)15-3-2-9-19-11-15;/h4-8,10,15,19H,2-3,9,11-12H2,1H3;1H. The molecule has 2 heterocycles. The molecule has 1 aliphatic rings. The summed E-state index contributed by atoms with van der Waals surface area (Å²) in [7, 11) is 1.73. The van der Waals surface area contributed by atoms with Crippen LogP contribution in [0.4, 0.5) is 4.39 Å². The number of rotatable bonds is 4. The minimum absolute atomic E-state index is 0. The van der Waals surface area contributed by atoms with E-state index in [1.807, 2.05) is 10.9 Å². The van der Waals surface area contributed by atoms with E-state index in [1.54, 1.807) is 30.1 Å². The number of carbonyl (C=O) groups is 1. The first kappa shape index (κ1) is 18.4. The van der Waals surface area contributed by atoms with E-state index in [1.165, 1.54) is 12.1 Å². The summed E-state index contributed by atoms with van der Waals surface area (Å²) < 4.78 is 14.8. The van der Waals surface area contributed by atoms with Crippen molar-refractivity contribution in [1.82, 2.24) is 20.0 Å². The number of halogens is 2. The first-order valence-electron chi connectivity index (χ1n) is 7.89. The van der Waals surface area contributed by atoms with Crippen molar-refractivity contribution in [3.8, 4) is 0 Å². The Labute approximate surface area is 147 Å². The summed E-state index contributed by atoms with van der Waals surface area (Å²) in [6.07, 6.45) is 4.07. The molecule has 0 aliphatic carbocycles. The third kappa shape index (κ3) is 4.33. The predicted molar refractivity (Wildman–Crippen MR) is 92.8 cm³/mol. The number of piperidine rings is 1. The SMILES string of the molecule is CN(Cc1ccc(F)cc1)C(=O)c1ccn(C2CCCNC2)n1.Cl. The molecule has 1 unspecified atom stereocenters. The van der Waals surface area contributed by atoms with Gasteiger partial charge < -0.3 is 10.2 Å². The molecule has 0 bridgehead atoms. The largest absolute Gasteiger partial charge is 0.336 e. The van der Waals surface area contributed by atoms with Crippen LogP contribution in [0.2, 0.25) is 0 Å². The first-order chi connectivity index (χ1) is 11.1. The van der Waals surface area contributed by atoms with Crippen LogP contribution in [-0.4, -0.2) is 40.7 Å². The fourth-order valence-corrected chi connectivity index (χ4v) is 2.85. The van der Waals surface area contributed by atoms with Crippen molar-refractivity contribution < 1.29 is 9.18 Å². The van der Waals surface area contributed by atoms with Crippen LogP contribution in [0, 0.1) is 5.82 Å². The number of aromatic nitrogens is 2. The second-order valence-electron chi connectivity index (χ2n) is 5.97. The van der Waals surface area contributed by atoms with Gasteiger partial charge in [0, 0.05) is 26.3 Å². The molecular formula is C17H22ClFN4O. The van der Waals surface area contributed by atoms with Gasteiger partial charge in [-0.25, -0.2) is 4.39 Å². The monoisotopic (exact) mass is 352 g/mol. The number of benzene rings is 1. The summed E-state index contributed by atoms with van der Waals surface area (Å²) in [5.41, 5.74) is 1.33. The topological polar surface area (TPSA) is 50.2 Å². The van der Waals surface area contributed by atoms with Gasteiger partial charge in [0.15, 0.2) is 0 Å². The van der Waals surface area contributed by atoms with E-state index < -0.39 is 0 Å². The Hall–Kier alpha value is -1.92. The normalized spacial score (nSPS) is 17.2. The second kappa shape index (κ2) is 8.26. The van der Waals surface area contributed by atoms with Gasteiger partial charge in [-0.3, -0.25) is 9.48 Å². The molecule has 1 fully saturated rings. The van der Waals surface area contributed by atoms with E-state index in [4.69, 9.17) is 0 Å². The molecule has 1 amide bonds. The molecule has 0 spiro atoms. The van der Waals surface area contributed by atoms with Crippen LogP contribution in [0.15, 0.2) is 36.5 Å². The zero-order valence-corrected chi connectivity index (χ0v) is 14.4. The Kier molecular flexibility index (Phi) is 6.34. The Morgan fingerprint density at radius 1 is 1.38 bits per heavy atom. The lowest BCUT2D eigenvalue weighted by molar-refractivity contribution is 0.0777. The molecule has 1 atom stereocenters. The fourth-order valence-electron chi connectivity index (χ4n) is 2.85. The zero-order chi connectivity index (χ0) is 16.2. The number of nitrogens with zero attached hydrogens (tertiary/aromatic N) is 3. The van der Waals surface area contributed by atoms with Gasteiger partial charge in [-0.05, 0) is 43.1 Å². The molecule has 24 heavy (non-hydrogen) atoms. The van der Waals surface area contributed by atoms with Gasteiger partial charge in [0.1, 0.15) is 11.5 Å². The molecular weight excluding hydrogens is 331 g/mol. The van der Waals surface area contributed by atoms with Crippen molar-refractivity contribution >= 4 is 18.3 Å². The Morgan fingerprint density at radius 3 is 2.79 bits per heavy atom. The minimum atomic E-state index is -0.275. The average molecular weight is 353 g/mol. The molecule has 1 aromatic carbocycles. The summed E-state index contributed by atoms with van der Waals surface area (Å²) in [4.78, 5) is 14.1. The summed E-state index contributed by atoms with van der Waals surface area (Å²) in [6, 6.07) is 8.25. The van der Waals surface area contributed by atoms with Crippen LogP contribution in [0.3, 0.4) is 0 Å². The number of carbonyl (C=O) groups excluding carboxylic acids is 1. The minimum Gasteiger partial charge on any atom is -0.336 e. The van der Waals surface area contributed by atoms with Crippen LogP contribution in [0.25, 0.3) is 0 Å². The molecule has 2 aromatic rings. The molecule has 1 saturated heterocycles. The van der Waals surface area contributed by atoms with Gasteiger partial charge in [-0.15, -0.1) is 12.4 Å². The van der Waals surface area contributed by atoms with Crippen LogP contribution in [-0.2, 0) is 6.54 Å². The highest BCUT2D eigenvalue weighted by Gasteiger charge is 2.19. The van der Waals surface area contributed by atoms with E-state index >= 15 is 0 Å². The Morgan fingerprint density at radius 2 is 2.12 bits per heavy atom. The lowest BCUT2D eigenvalue weighted by Gasteiger charge is -2.23. The van der Waals surface area contributed by atoms with Crippen LogP contribution in [0.1, 0.15) is 34.9 Å². The van der Waals surface area contributed by atoms with Crippen molar-refractivity contribution in [2.24, 2.45) is 0 Å². The number of nitrogens with one attached hydrogen (secondary N) is 1. The summed E-state index contributed by atoms with van der Waals surface area (Å²) >= 11 is 0. The lowest BCUT2D eigenvalue weighted by atomic mass is 10.1. The number of amides is 1. The Balaban J connectivity index is 0.00000208. The molecule has 0 radical (unpaired) electrons. The Bertz CT molecular complexity index is 667. The summed E-state index contributed by atoms with van der Waals surface area (Å²) in [5, 5.41) is 7.78. The van der Waals surface area contributed by atoms with Gasteiger partial charge in [-0.2, -0.15) is 5.10 Å². The second-order valence-corrected chi connectivity index (χ2v) is 5.97. The van der Waals surface area contributed by atoms with E-state index in [0.29, 0.717) is 18.3 Å². The van der Waals surface area contributed by atoms with Gasteiger partial charge >= 0.3 is 0 Å². The van der Waals surface area contributed by atoms with Crippen molar-refractivity contribution in [2.45, 2.75) is 25.4 Å². The van der Waals surface area contributed by atoms with Crippen molar-refractivity contribution in [3.63, 3.8) is 0 Å². The van der Waals surface area contributed by atoms with Crippen molar-refractivity contribution in [3.05, 3.63) is 53.6 Å². The van der Waals surface area contributed by atoms with Gasteiger partial charge in [0.25, 0.3) is 5.91 Å². The van der Waals surface area contributed by atoms with E-state index in [-0.39, 0.29) is 24.1 Å². The van der Waals surface area contributed by atoms with Crippen LogP contribution < -0.4 is 5.32 Å². The van der Waals surface area contributed by atoms with Gasteiger partial charge in [0.2, 0.25) is 0 Å². The molecule has 3 rings (SSSR count). The summed E-state index contributed by atoms with van der Waals surface area (Å²) in [5.74, 6) is -0.403. The van der Waals surface area contributed by atoms with Gasteiger partial charge in [0.05, 0.1) is 6.04 Å². The third-order valence-corrected chi connectivity index (χ3v) is 4.15. The maximum Gasteiger partial charge on any atom is 0.274 e. The van der Waals surface area contributed by atoms with E-state index in [9.17, 15) is 9.18 Å². The fraction of sp³-hybridized carbons (Fsp3) is 0.412. The molecule has 1 aliphatic heterocycles. The quantitative estimate of drug-likeness (QED) is 0.920. The zero-order valence-electron chi connectivity index (χ0n) is 13.6. The van der Waals surface area contributed by atoms with Crippen molar-refractivity contribution in [1.29, 1.82) is 0 Å². The highest BCUT2D eigenvalue weighted by atomic mass is 35.5. The average Bonchev–Trinajstić information content (AvgIpc) is 3.07. The number of hydrogen-bond donors (Lipinski definition) is 1. The maximum atomic E-state index is 12.9. The number of hydrogen-bond acceptors (Lipinski definition) is 3. The van der Waals surface area contributed by atoms with Crippen LogP contribution in [0.5, 0.6) is 0 Å². The smallest absolute Gasteiger partial charge is 0.274 e. The molecule has 7 heteroatoms. The molecule has 5 nitrogen and oxygen atoms in total. The molecule has 130 valence electrons. The summed E-state index contributed by atoms with van der Waals surface area (Å²) in [6.45, 7) is 2.36. The molecule has 1 aromatic heterocycles. The van der Waals surface area contributed by atoms with Crippen LogP contribution >= 0.6 is 12.4 Å². The van der Waals surface area contributed by atoms with E-state index in [2.05, 4.69) is 10.4 Å².